The summed E-state index contributed by atoms with van der Waals surface area (Å²) < 4.78 is 14.3. The molecule has 1 heterocycles. The average molecular weight is 254 g/mol. The summed E-state index contributed by atoms with van der Waals surface area (Å²) in [4.78, 5) is 14.4. The molecule has 0 fully saturated rings. The summed E-state index contributed by atoms with van der Waals surface area (Å²) in [6, 6.07) is 5.00. The lowest BCUT2D eigenvalue weighted by Crippen LogP contribution is -1.91. The lowest BCUT2D eigenvalue weighted by molar-refractivity contribution is 0.112. The van der Waals surface area contributed by atoms with Crippen LogP contribution in [-0.4, -0.2) is 11.3 Å². The van der Waals surface area contributed by atoms with E-state index in [9.17, 15) is 9.18 Å². The van der Waals surface area contributed by atoms with Gasteiger partial charge in [0.15, 0.2) is 6.29 Å². The van der Waals surface area contributed by atoms with Gasteiger partial charge in [-0.15, -0.1) is 0 Å². The predicted molar refractivity (Wildman–Crippen MR) is 54.8 cm³/mol. The maximum Gasteiger partial charge on any atom is 0.154 e. The molecule has 2 aromatic rings. The molecule has 1 aromatic carbocycles. The number of fused-ring (bicyclic) bond motifs is 1. The van der Waals surface area contributed by atoms with E-state index in [1.807, 2.05) is 0 Å². The third-order valence-corrected chi connectivity index (χ3v) is 2.41. The molecule has 0 aliphatic heterocycles. The van der Waals surface area contributed by atoms with E-state index in [0.717, 1.165) is 4.47 Å². The average Bonchev–Trinajstić information content (AvgIpc) is 2.18. The second-order valence-electron chi connectivity index (χ2n) is 2.81. The first-order chi connectivity index (χ1) is 6.72. The number of nitrogens with zero attached hydrogens (tertiary/aromatic N) is 1. The topological polar surface area (TPSA) is 30.0 Å². The van der Waals surface area contributed by atoms with Gasteiger partial charge >= 0.3 is 0 Å². The summed E-state index contributed by atoms with van der Waals surface area (Å²) in [6.07, 6.45) is 1.70. The van der Waals surface area contributed by atoms with Crippen molar-refractivity contribution in [3.8, 4) is 0 Å². The summed E-state index contributed by atoms with van der Waals surface area (Å²) in [5, 5.41) is 0.359. The van der Waals surface area contributed by atoms with Crippen molar-refractivity contribution < 1.29 is 9.18 Å². The summed E-state index contributed by atoms with van der Waals surface area (Å²) >= 11 is 3.26. The van der Waals surface area contributed by atoms with Crippen LogP contribution in [0.15, 0.2) is 28.9 Å². The highest BCUT2D eigenvalue weighted by molar-refractivity contribution is 9.10. The third-order valence-electron chi connectivity index (χ3n) is 1.92. The minimum atomic E-state index is -0.516. The highest BCUT2D eigenvalue weighted by Crippen LogP contribution is 2.21. The molecular weight excluding hydrogens is 249 g/mol. The zero-order chi connectivity index (χ0) is 10.1. The Morgan fingerprint density at radius 3 is 2.93 bits per heavy atom. The van der Waals surface area contributed by atoms with E-state index in [0.29, 0.717) is 17.2 Å². The maximum absolute atomic E-state index is 13.5. The van der Waals surface area contributed by atoms with Gasteiger partial charge in [-0.3, -0.25) is 9.78 Å². The number of pyridine rings is 1. The quantitative estimate of drug-likeness (QED) is 0.732. The van der Waals surface area contributed by atoms with Crippen LogP contribution in [0.2, 0.25) is 0 Å². The Hall–Kier alpha value is -1.29. The van der Waals surface area contributed by atoms with Crippen LogP contribution in [0, 0.1) is 5.82 Å². The van der Waals surface area contributed by atoms with Crippen molar-refractivity contribution in [3.63, 3.8) is 0 Å². The van der Waals surface area contributed by atoms with Gasteiger partial charge in [-0.2, -0.15) is 0 Å². The van der Waals surface area contributed by atoms with Gasteiger partial charge in [0, 0.05) is 16.1 Å². The number of carbonyl (C=O) groups is 1. The summed E-state index contributed by atoms with van der Waals surface area (Å²) in [5.74, 6) is -0.516. The number of hydrogen-bond acceptors (Lipinski definition) is 2. The summed E-state index contributed by atoms with van der Waals surface area (Å²) in [6.45, 7) is 0. The molecule has 0 saturated carbocycles. The molecule has 0 aliphatic carbocycles. The van der Waals surface area contributed by atoms with Gasteiger partial charge in [0.05, 0.1) is 11.1 Å². The molecule has 2 rings (SSSR count). The summed E-state index contributed by atoms with van der Waals surface area (Å²) in [5.41, 5.74) is 0.516. The third kappa shape index (κ3) is 1.42. The molecule has 0 amide bonds. The zero-order valence-corrected chi connectivity index (χ0v) is 8.58. The Bertz CT molecular complexity index is 513. The second-order valence-corrected chi connectivity index (χ2v) is 3.72. The molecule has 0 atom stereocenters. The summed E-state index contributed by atoms with van der Waals surface area (Å²) in [7, 11) is 0. The number of benzene rings is 1. The highest BCUT2D eigenvalue weighted by Gasteiger charge is 2.07. The van der Waals surface area contributed by atoms with Crippen LogP contribution < -0.4 is 0 Å². The van der Waals surface area contributed by atoms with E-state index in [1.165, 1.54) is 6.20 Å². The Morgan fingerprint density at radius 1 is 1.43 bits per heavy atom. The molecule has 70 valence electrons. The number of hydrogen-bond donors (Lipinski definition) is 0. The second kappa shape index (κ2) is 3.46. The van der Waals surface area contributed by atoms with E-state index >= 15 is 0 Å². The highest BCUT2D eigenvalue weighted by atomic mass is 79.9. The van der Waals surface area contributed by atoms with Crippen molar-refractivity contribution >= 4 is 33.1 Å². The fourth-order valence-electron chi connectivity index (χ4n) is 1.23. The molecule has 4 heteroatoms. The Morgan fingerprint density at radius 2 is 2.21 bits per heavy atom. The first-order valence-electron chi connectivity index (χ1n) is 3.91. The van der Waals surface area contributed by atoms with Crippen LogP contribution in [0.5, 0.6) is 0 Å². The molecule has 0 saturated heterocycles. The lowest BCUT2D eigenvalue weighted by Gasteiger charge is -2.00. The molecular formula is C10H5BrFNO. The fraction of sp³-hybridized carbons (Fsp3) is 0. The van der Waals surface area contributed by atoms with E-state index in [1.54, 1.807) is 18.2 Å². The normalized spacial score (nSPS) is 10.4. The number of halogens is 2. The molecule has 0 N–H and O–H groups in total. The Balaban J connectivity index is 2.83. The van der Waals surface area contributed by atoms with Crippen LogP contribution in [-0.2, 0) is 0 Å². The predicted octanol–water partition coefficient (Wildman–Crippen LogP) is 2.95. The van der Waals surface area contributed by atoms with Crippen molar-refractivity contribution in [2.45, 2.75) is 0 Å². The monoisotopic (exact) mass is 253 g/mol. The Kier molecular flexibility index (Phi) is 2.29. The van der Waals surface area contributed by atoms with Gasteiger partial charge in [-0.05, 0) is 18.2 Å². The minimum Gasteiger partial charge on any atom is -0.298 e. The molecule has 0 aliphatic rings. The van der Waals surface area contributed by atoms with Gasteiger partial charge in [0.2, 0.25) is 0 Å². The van der Waals surface area contributed by atoms with Crippen LogP contribution in [0.1, 0.15) is 10.4 Å². The number of aromatic nitrogens is 1. The van der Waals surface area contributed by atoms with Crippen LogP contribution in [0.25, 0.3) is 10.9 Å². The number of rotatable bonds is 1. The zero-order valence-electron chi connectivity index (χ0n) is 7.00. The van der Waals surface area contributed by atoms with Crippen molar-refractivity contribution in [1.82, 2.24) is 4.98 Å². The van der Waals surface area contributed by atoms with E-state index in [2.05, 4.69) is 20.9 Å². The smallest absolute Gasteiger partial charge is 0.154 e. The minimum absolute atomic E-state index is 0.0141. The largest absolute Gasteiger partial charge is 0.298 e. The van der Waals surface area contributed by atoms with Crippen LogP contribution in [0.4, 0.5) is 4.39 Å². The fourth-order valence-corrected chi connectivity index (χ4v) is 1.58. The number of carbonyl (C=O) groups excluding carboxylic acids is 1. The Labute approximate surface area is 87.9 Å². The molecule has 1 aromatic heterocycles. The molecule has 0 radical (unpaired) electrons. The SMILES string of the molecule is O=Cc1cnc2cc(Br)ccc2c1F. The van der Waals surface area contributed by atoms with Gasteiger partial charge in [0.1, 0.15) is 5.82 Å². The molecule has 14 heavy (non-hydrogen) atoms. The van der Waals surface area contributed by atoms with E-state index < -0.39 is 5.82 Å². The van der Waals surface area contributed by atoms with Crippen molar-refractivity contribution in [2.24, 2.45) is 0 Å². The van der Waals surface area contributed by atoms with E-state index in [4.69, 9.17) is 0 Å². The van der Waals surface area contributed by atoms with Gasteiger partial charge < -0.3 is 0 Å². The van der Waals surface area contributed by atoms with Gasteiger partial charge in [-0.25, -0.2) is 4.39 Å². The number of aldehydes is 1. The van der Waals surface area contributed by atoms with E-state index in [-0.39, 0.29) is 5.56 Å². The molecule has 0 unspecified atom stereocenters. The molecule has 0 spiro atoms. The lowest BCUT2D eigenvalue weighted by atomic mass is 10.1. The van der Waals surface area contributed by atoms with Crippen LogP contribution >= 0.6 is 15.9 Å². The van der Waals surface area contributed by atoms with Crippen molar-refractivity contribution in [2.75, 3.05) is 0 Å². The first kappa shape index (κ1) is 9.27. The molecule has 0 bridgehead atoms. The first-order valence-corrected chi connectivity index (χ1v) is 4.70. The standard InChI is InChI=1S/C10H5BrFNO/c11-7-1-2-8-9(3-7)13-4-6(5-14)10(8)12/h1-5H. The van der Waals surface area contributed by atoms with Gasteiger partial charge in [0.25, 0.3) is 0 Å². The maximum atomic E-state index is 13.5. The van der Waals surface area contributed by atoms with Crippen LogP contribution in [0.3, 0.4) is 0 Å². The van der Waals surface area contributed by atoms with Crippen molar-refractivity contribution in [1.29, 1.82) is 0 Å². The van der Waals surface area contributed by atoms with Crippen molar-refractivity contribution in [3.05, 3.63) is 40.2 Å². The molecule has 2 nitrogen and oxygen atoms in total. The van der Waals surface area contributed by atoms with Gasteiger partial charge in [-0.1, -0.05) is 15.9 Å².